The second-order valence-electron chi connectivity index (χ2n) is 4.82. The third-order valence-corrected chi connectivity index (χ3v) is 3.50. The lowest BCUT2D eigenvalue weighted by Gasteiger charge is -2.05. The van der Waals surface area contributed by atoms with Gasteiger partial charge < -0.3 is 5.11 Å². The van der Waals surface area contributed by atoms with Crippen molar-refractivity contribution in [3.8, 4) is 0 Å². The van der Waals surface area contributed by atoms with Gasteiger partial charge in [-0.25, -0.2) is 4.79 Å². The van der Waals surface area contributed by atoms with E-state index in [4.69, 9.17) is 16.7 Å². The number of nitrogens with one attached hydrogen (secondary N) is 1. The zero-order valence-electron chi connectivity index (χ0n) is 11.9. The van der Waals surface area contributed by atoms with Crippen LogP contribution in [0, 0.1) is 0 Å². The van der Waals surface area contributed by atoms with Gasteiger partial charge in [0, 0.05) is 16.6 Å². The summed E-state index contributed by atoms with van der Waals surface area (Å²) < 4.78 is 0. The van der Waals surface area contributed by atoms with Gasteiger partial charge in [-0.3, -0.25) is 10.4 Å². The molecule has 0 bridgehead atoms. The lowest BCUT2D eigenvalue weighted by Crippen LogP contribution is -1.96. The summed E-state index contributed by atoms with van der Waals surface area (Å²) in [6.07, 6.45) is 3.30. The zero-order chi connectivity index (χ0) is 16.2. The van der Waals surface area contributed by atoms with Crippen LogP contribution in [0.25, 0.3) is 10.9 Å². The molecule has 5 nitrogen and oxygen atoms in total. The van der Waals surface area contributed by atoms with Crippen LogP contribution in [-0.2, 0) is 0 Å². The minimum absolute atomic E-state index is 0.243. The Morgan fingerprint density at radius 1 is 1.17 bits per heavy atom. The normalized spacial score (nSPS) is 11.0. The van der Waals surface area contributed by atoms with Gasteiger partial charge in [-0.15, -0.1) is 0 Å². The number of fused-ring (bicyclic) bond motifs is 1. The van der Waals surface area contributed by atoms with E-state index in [2.05, 4.69) is 15.5 Å². The van der Waals surface area contributed by atoms with Crippen molar-refractivity contribution in [3.63, 3.8) is 0 Å². The highest BCUT2D eigenvalue weighted by atomic mass is 35.5. The standard InChI is InChI=1S/C17H12ClN3O2/c18-13-5-6-14-15(7-8-19-16(14)9-13)21-20-10-11-1-3-12(4-2-11)17(22)23/h1-10H,(H,19,21)(H,22,23)/b20-10-. The Labute approximate surface area is 137 Å². The van der Waals surface area contributed by atoms with Gasteiger partial charge in [0.15, 0.2) is 0 Å². The van der Waals surface area contributed by atoms with Crippen molar-refractivity contribution in [2.24, 2.45) is 5.10 Å². The van der Waals surface area contributed by atoms with Crippen LogP contribution in [0.4, 0.5) is 5.69 Å². The average Bonchev–Trinajstić information content (AvgIpc) is 2.55. The predicted octanol–water partition coefficient (Wildman–Crippen LogP) is 4.03. The molecule has 1 aromatic heterocycles. The summed E-state index contributed by atoms with van der Waals surface area (Å²) in [6.45, 7) is 0. The Morgan fingerprint density at radius 2 is 1.96 bits per heavy atom. The first-order valence-electron chi connectivity index (χ1n) is 6.80. The Balaban J connectivity index is 1.79. The van der Waals surface area contributed by atoms with Gasteiger partial charge in [0.1, 0.15) is 0 Å². The molecule has 0 saturated carbocycles. The molecule has 114 valence electrons. The summed E-state index contributed by atoms with van der Waals surface area (Å²) in [5.41, 5.74) is 5.59. The average molecular weight is 326 g/mol. The maximum Gasteiger partial charge on any atom is 0.335 e. The van der Waals surface area contributed by atoms with E-state index in [0.717, 1.165) is 22.2 Å². The number of aromatic carboxylic acids is 1. The smallest absolute Gasteiger partial charge is 0.335 e. The number of hydrazone groups is 1. The summed E-state index contributed by atoms with van der Waals surface area (Å²) in [5, 5.41) is 14.6. The topological polar surface area (TPSA) is 74.6 Å². The van der Waals surface area contributed by atoms with Crippen LogP contribution >= 0.6 is 11.6 Å². The Morgan fingerprint density at radius 3 is 2.70 bits per heavy atom. The molecule has 2 N–H and O–H groups in total. The van der Waals surface area contributed by atoms with Crippen LogP contribution in [0.3, 0.4) is 0 Å². The quantitative estimate of drug-likeness (QED) is 0.561. The second-order valence-corrected chi connectivity index (χ2v) is 5.25. The first-order valence-corrected chi connectivity index (χ1v) is 7.18. The first kappa shape index (κ1) is 15.0. The molecule has 0 saturated heterocycles. The van der Waals surface area contributed by atoms with Gasteiger partial charge in [0.25, 0.3) is 0 Å². The molecule has 0 aliphatic carbocycles. The monoisotopic (exact) mass is 325 g/mol. The number of aromatic nitrogens is 1. The molecule has 0 fully saturated rings. The molecular weight excluding hydrogens is 314 g/mol. The summed E-state index contributed by atoms with van der Waals surface area (Å²) in [4.78, 5) is 15.1. The highest BCUT2D eigenvalue weighted by Gasteiger charge is 2.02. The van der Waals surface area contributed by atoms with Crippen molar-refractivity contribution < 1.29 is 9.90 Å². The van der Waals surface area contributed by atoms with Crippen LogP contribution in [0.1, 0.15) is 15.9 Å². The Hall–Kier alpha value is -2.92. The van der Waals surface area contributed by atoms with Gasteiger partial charge in [0.2, 0.25) is 0 Å². The van der Waals surface area contributed by atoms with Crippen LogP contribution in [-0.4, -0.2) is 22.3 Å². The number of pyridine rings is 1. The lowest BCUT2D eigenvalue weighted by atomic mass is 10.1. The molecule has 0 atom stereocenters. The summed E-state index contributed by atoms with van der Waals surface area (Å²) >= 11 is 5.96. The lowest BCUT2D eigenvalue weighted by molar-refractivity contribution is 0.0697. The number of anilines is 1. The van der Waals surface area contributed by atoms with Gasteiger partial charge in [0.05, 0.1) is 23.0 Å². The maximum atomic E-state index is 10.8. The second kappa shape index (κ2) is 6.46. The fourth-order valence-electron chi connectivity index (χ4n) is 2.11. The number of nitrogens with zero attached hydrogens (tertiary/aromatic N) is 2. The molecule has 3 rings (SSSR count). The number of rotatable bonds is 4. The van der Waals surface area contributed by atoms with Crippen molar-refractivity contribution in [2.75, 3.05) is 5.43 Å². The van der Waals surface area contributed by atoms with Crippen molar-refractivity contribution in [1.29, 1.82) is 0 Å². The Bertz CT molecular complexity index is 892. The van der Waals surface area contributed by atoms with E-state index in [-0.39, 0.29) is 5.56 Å². The summed E-state index contributed by atoms with van der Waals surface area (Å²) in [5.74, 6) is -0.950. The number of carboxylic acid groups (broad SMARTS) is 1. The van der Waals surface area contributed by atoms with Crippen LogP contribution in [0.2, 0.25) is 5.02 Å². The van der Waals surface area contributed by atoms with Crippen molar-refractivity contribution in [1.82, 2.24) is 4.98 Å². The summed E-state index contributed by atoms with van der Waals surface area (Å²) in [6, 6.07) is 13.7. The summed E-state index contributed by atoms with van der Waals surface area (Å²) in [7, 11) is 0. The van der Waals surface area contributed by atoms with E-state index in [1.807, 2.05) is 12.1 Å². The van der Waals surface area contributed by atoms with Crippen molar-refractivity contribution in [3.05, 3.63) is 70.9 Å². The fraction of sp³-hybridized carbons (Fsp3) is 0. The molecule has 2 aromatic carbocycles. The van der Waals surface area contributed by atoms with Crippen molar-refractivity contribution >= 4 is 40.4 Å². The number of carboxylic acids is 1. The number of carbonyl (C=O) groups is 1. The van der Waals surface area contributed by atoms with Crippen molar-refractivity contribution in [2.45, 2.75) is 0 Å². The molecule has 0 radical (unpaired) electrons. The first-order chi connectivity index (χ1) is 11.1. The molecule has 0 unspecified atom stereocenters. The molecule has 0 spiro atoms. The van der Waals surface area contributed by atoms with E-state index < -0.39 is 5.97 Å². The van der Waals surface area contributed by atoms with Crippen LogP contribution < -0.4 is 5.43 Å². The van der Waals surface area contributed by atoms with E-state index in [1.165, 1.54) is 12.1 Å². The molecule has 23 heavy (non-hydrogen) atoms. The predicted molar refractivity (Wildman–Crippen MR) is 91.4 cm³/mol. The SMILES string of the molecule is O=C(O)c1ccc(/C=N\Nc2ccnc3cc(Cl)ccc23)cc1. The van der Waals surface area contributed by atoms with E-state index >= 15 is 0 Å². The maximum absolute atomic E-state index is 10.8. The molecule has 3 aromatic rings. The molecule has 0 aliphatic heterocycles. The molecule has 6 heteroatoms. The minimum Gasteiger partial charge on any atom is -0.478 e. The number of hydrogen-bond acceptors (Lipinski definition) is 4. The minimum atomic E-state index is -0.950. The molecular formula is C17H12ClN3O2. The van der Waals surface area contributed by atoms with Crippen LogP contribution in [0.5, 0.6) is 0 Å². The van der Waals surface area contributed by atoms with Crippen LogP contribution in [0.15, 0.2) is 59.8 Å². The third-order valence-electron chi connectivity index (χ3n) is 3.26. The number of halogens is 1. The Kier molecular flexibility index (Phi) is 4.21. The molecule has 1 heterocycles. The highest BCUT2D eigenvalue weighted by Crippen LogP contribution is 2.24. The van der Waals surface area contributed by atoms with Gasteiger partial charge in [-0.2, -0.15) is 5.10 Å². The zero-order valence-corrected chi connectivity index (χ0v) is 12.7. The van der Waals surface area contributed by atoms with E-state index in [1.54, 1.807) is 36.7 Å². The fourth-order valence-corrected chi connectivity index (χ4v) is 2.27. The van der Waals surface area contributed by atoms with E-state index in [0.29, 0.717) is 5.02 Å². The van der Waals surface area contributed by atoms with E-state index in [9.17, 15) is 4.79 Å². The third kappa shape index (κ3) is 3.46. The molecule has 0 amide bonds. The number of hydrogen-bond donors (Lipinski definition) is 2. The van der Waals surface area contributed by atoms with Gasteiger partial charge in [-0.05, 0) is 42.0 Å². The highest BCUT2D eigenvalue weighted by molar-refractivity contribution is 6.31. The largest absolute Gasteiger partial charge is 0.478 e. The number of benzene rings is 2. The van der Waals surface area contributed by atoms with Gasteiger partial charge >= 0.3 is 5.97 Å². The molecule has 0 aliphatic rings. The van der Waals surface area contributed by atoms with Gasteiger partial charge in [-0.1, -0.05) is 23.7 Å².